The third-order valence-corrected chi connectivity index (χ3v) is 3.64. The van der Waals surface area contributed by atoms with Crippen LogP contribution >= 0.6 is 0 Å². The highest BCUT2D eigenvalue weighted by Gasteiger charge is 2.16. The van der Waals surface area contributed by atoms with Crippen molar-refractivity contribution >= 4 is 16.6 Å². The van der Waals surface area contributed by atoms with Crippen molar-refractivity contribution in [2.24, 2.45) is 0 Å². The molecule has 3 N–H and O–H groups in total. The number of nitrogens with one attached hydrogen (secondary N) is 1. The van der Waals surface area contributed by atoms with Crippen LogP contribution in [-0.2, 0) is 0 Å². The fourth-order valence-corrected chi connectivity index (χ4v) is 2.56. The second-order valence-corrected chi connectivity index (χ2v) is 5.12. The lowest BCUT2D eigenvalue weighted by atomic mass is 10.1. The van der Waals surface area contributed by atoms with E-state index in [0.717, 1.165) is 41.6 Å². The zero-order valence-electron chi connectivity index (χ0n) is 11.1. The first-order chi connectivity index (χ1) is 9.24. The van der Waals surface area contributed by atoms with E-state index in [1.54, 1.807) is 6.20 Å². The summed E-state index contributed by atoms with van der Waals surface area (Å²) in [5.74, 6) is 1.53. The number of ether oxygens (including phenoxy) is 1. The molecule has 0 amide bonds. The number of hydrogen-bond donors (Lipinski definition) is 2. The molecular formula is C15H19N3O. The average molecular weight is 257 g/mol. The molecule has 1 atom stereocenters. The summed E-state index contributed by atoms with van der Waals surface area (Å²) in [4.78, 5) is 4.12. The van der Waals surface area contributed by atoms with Crippen molar-refractivity contribution in [3.63, 3.8) is 0 Å². The monoisotopic (exact) mass is 257 g/mol. The third-order valence-electron chi connectivity index (χ3n) is 3.64. The summed E-state index contributed by atoms with van der Waals surface area (Å²) >= 11 is 0. The van der Waals surface area contributed by atoms with E-state index >= 15 is 0 Å². The number of nitrogens with two attached hydrogens (primary N) is 1. The van der Waals surface area contributed by atoms with Gasteiger partial charge in [-0.05, 0) is 55.5 Å². The van der Waals surface area contributed by atoms with Crippen LogP contribution in [0.5, 0.6) is 5.75 Å². The molecule has 100 valence electrons. The zero-order chi connectivity index (χ0) is 13.2. The van der Waals surface area contributed by atoms with Crippen molar-refractivity contribution < 1.29 is 4.74 Å². The van der Waals surface area contributed by atoms with Crippen molar-refractivity contribution in [2.75, 3.05) is 18.8 Å². The van der Waals surface area contributed by atoms with Gasteiger partial charge in [0.15, 0.2) is 0 Å². The van der Waals surface area contributed by atoms with E-state index in [1.807, 2.05) is 6.07 Å². The van der Waals surface area contributed by atoms with Crippen LogP contribution in [0.4, 0.5) is 5.82 Å². The summed E-state index contributed by atoms with van der Waals surface area (Å²) in [6.45, 7) is 4.08. The lowest BCUT2D eigenvalue weighted by Gasteiger charge is -2.25. The predicted molar refractivity (Wildman–Crippen MR) is 77.4 cm³/mol. The van der Waals surface area contributed by atoms with Crippen molar-refractivity contribution in [1.82, 2.24) is 10.3 Å². The zero-order valence-corrected chi connectivity index (χ0v) is 11.1. The van der Waals surface area contributed by atoms with Crippen LogP contribution < -0.4 is 15.8 Å². The summed E-state index contributed by atoms with van der Waals surface area (Å²) in [5, 5.41) is 5.44. The van der Waals surface area contributed by atoms with Gasteiger partial charge in [-0.3, -0.25) is 0 Å². The Morgan fingerprint density at radius 2 is 2.32 bits per heavy atom. The van der Waals surface area contributed by atoms with Gasteiger partial charge in [0, 0.05) is 18.1 Å². The van der Waals surface area contributed by atoms with Crippen LogP contribution in [0.25, 0.3) is 10.8 Å². The first-order valence-corrected chi connectivity index (χ1v) is 6.76. The van der Waals surface area contributed by atoms with Crippen LogP contribution in [0, 0.1) is 6.92 Å². The van der Waals surface area contributed by atoms with Gasteiger partial charge in [0.05, 0.1) is 0 Å². The largest absolute Gasteiger partial charge is 0.489 e. The van der Waals surface area contributed by atoms with Gasteiger partial charge in [-0.15, -0.1) is 0 Å². The second-order valence-electron chi connectivity index (χ2n) is 5.12. The first kappa shape index (κ1) is 12.2. The van der Waals surface area contributed by atoms with E-state index in [0.29, 0.717) is 5.82 Å². The van der Waals surface area contributed by atoms with Gasteiger partial charge in [0.1, 0.15) is 17.7 Å². The van der Waals surface area contributed by atoms with Gasteiger partial charge < -0.3 is 15.8 Å². The van der Waals surface area contributed by atoms with Gasteiger partial charge in [-0.2, -0.15) is 0 Å². The van der Waals surface area contributed by atoms with Crippen LogP contribution in [0.1, 0.15) is 18.4 Å². The summed E-state index contributed by atoms with van der Waals surface area (Å²) in [6, 6.07) is 6.09. The third kappa shape index (κ3) is 2.49. The van der Waals surface area contributed by atoms with E-state index in [-0.39, 0.29) is 6.10 Å². The number of rotatable bonds is 2. The topological polar surface area (TPSA) is 60.2 Å². The summed E-state index contributed by atoms with van der Waals surface area (Å²) in [7, 11) is 0. The molecule has 0 spiro atoms. The molecule has 1 aromatic heterocycles. The van der Waals surface area contributed by atoms with Crippen molar-refractivity contribution in [1.29, 1.82) is 0 Å². The SMILES string of the molecule is Cc1cc2c(N)nccc2cc1OC1CCCNC1. The highest BCUT2D eigenvalue weighted by Crippen LogP contribution is 2.29. The van der Waals surface area contributed by atoms with Crippen molar-refractivity contribution in [3.05, 3.63) is 30.0 Å². The molecule has 4 heteroatoms. The number of anilines is 1. The molecule has 1 aromatic carbocycles. The lowest BCUT2D eigenvalue weighted by Crippen LogP contribution is -2.37. The molecule has 2 heterocycles. The molecule has 0 radical (unpaired) electrons. The number of nitrogens with zero attached hydrogens (tertiary/aromatic N) is 1. The van der Waals surface area contributed by atoms with Crippen molar-refractivity contribution in [3.8, 4) is 5.75 Å². The Morgan fingerprint density at radius 1 is 1.42 bits per heavy atom. The highest BCUT2D eigenvalue weighted by atomic mass is 16.5. The molecule has 0 aliphatic carbocycles. The normalized spacial score (nSPS) is 19.5. The maximum Gasteiger partial charge on any atom is 0.131 e. The molecule has 19 heavy (non-hydrogen) atoms. The molecule has 1 aliphatic heterocycles. The molecule has 1 aliphatic rings. The number of aromatic nitrogens is 1. The summed E-state index contributed by atoms with van der Waals surface area (Å²) in [5.41, 5.74) is 7.01. The smallest absolute Gasteiger partial charge is 0.131 e. The number of pyridine rings is 1. The van der Waals surface area contributed by atoms with Crippen LogP contribution in [0.2, 0.25) is 0 Å². The minimum atomic E-state index is 0.268. The standard InChI is InChI=1S/C15H19N3O/c1-10-7-13-11(4-6-18-15(13)16)8-14(10)19-12-3-2-5-17-9-12/h4,6-8,12,17H,2-3,5,9H2,1H3,(H2,16,18). The van der Waals surface area contributed by atoms with Gasteiger partial charge in [0.25, 0.3) is 0 Å². The number of aryl methyl sites for hydroxylation is 1. The Morgan fingerprint density at radius 3 is 3.11 bits per heavy atom. The summed E-state index contributed by atoms with van der Waals surface area (Å²) in [6.07, 6.45) is 4.29. The average Bonchev–Trinajstić information content (AvgIpc) is 2.42. The Labute approximate surface area is 113 Å². The number of benzene rings is 1. The predicted octanol–water partition coefficient (Wildman–Crippen LogP) is 2.26. The van der Waals surface area contributed by atoms with Crippen LogP contribution in [-0.4, -0.2) is 24.2 Å². The van der Waals surface area contributed by atoms with Crippen molar-refractivity contribution in [2.45, 2.75) is 25.9 Å². The Bertz CT molecular complexity index is 591. The fraction of sp³-hybridized carbons (Fsp3) is 0.400. The molecule has 0 bridgehead atoms. The molecule has 0 saturated carbocycles. The van der Waals surface area contributed by atoms with E-state index in [2.05, 4.69) is 29.4 Å². The van der Waals surface area contributed by atoms with E-state index in [1.165, 1.54) is 6.42 Å². The lowest BCUT2D eigenvalue weighted by molar-refractivity contribution is 0.166. The second kappa shape index (κ2) is 5.05. The minimum absolute atomic E-state index is 0.268. The number of piperidine rings is 1. The van der Waals surface area contributed by atoms with Crippen LogP contribution in [0.15, 0.2) is 24.4 Å². The molecule has 2 aromatic rings. The Balaban J connectivity index is 1.92. The van der Waals surface area contributed by atoms with Gasteiger partial charge >= 0.3 is 0 Å². The van der Waals surface area contributed by atoms with Crippen LogP contribution in [0.3, 0.4) is 0 Å². The number of nitrogen functional groups attached to an aromatic ring is 1. The molecular weight excluding hydrogens is 238 g/mol. The molecule has 3 rings (SSSR count). The minimum Gasteiger partial charge on any atom is -0.489 e. The molecule has 4 nitrogen and oxygen atoms in total. The van der Waals surface area contributed by atoms with E-state index < -0.39 is 0 Å². The Hall–Kier alpha value is -1.81. The quantitative estimate of drug-likeness (QED) is 0.866. The molecule has 1 saturated heterocycles. The van der Waals surface area contributed by atoms with E-state index in [9.17, 15) is 0 Å². The molecule has 1 fully saturated rings. The molecule has 1 unspecified atom stereocenters. The fourth-order valence-electron chi connectivity index (χ4n) is 2.56. The number of hydrogen-bond acceptors (Lipinski definition) is 4. The van der Waals surface area contributed by atoms with Gasteiger partial charge in [-0.25, -0.2) is 4.98 Å². The highest BCUT2D eigenvalue weighted by molar-refractivity contribution is 5.92. The maximum absolute atomic E-state index is 6.11. The van der Waals surface area contributed by atoms with E-state index in [4.69, 9.17) is 10.5 Å². The maximum atomic E-state index is 6.11. The van der Waals surface area contributed by atoms with Gasteiger partial charge in [0.2, 0.25) is 0 Å². The van der Waals surface area contributed by atoms with Gasteiger partial charge in [-0.1, -0.05) is 0 Å². The Kier molecular flexibility index (Phi) is 3.25. The summed E-state index contributed by atoms with van der Waals surface area (Å²) < 4.78 is 6.11. The number of fused-ring (bicyclic) bond motifs is 1. The first-order valence-electron chi connectivity index (χ1n) is 6.76.